The fraction of sp³-hybridized carbons (Fsp3) is 0.455. The molecule has 1 aromatic rings. The lowest BCUT2D eigenvalue weighted by Gasteiger charge is -2.14. The van der Waals surface area contributed by atoms with Gasteiger partial charge in [0.1, 0.15) is 0 Å². The Balaban J connectivity index is 2.25. The first-order valence-electron chi connectivity index (χ1n) is 5.55. The predicted octanol–water partition coefficient (Wildman–Crippen LogP) is 1.29. The van der Waals surface area contributed by atoms with Crippen LogP contribution in [-0.4, -0.2) is 14.5 Å². The number of hydrogen-bond donors (Lipinski definition) is 3. The average molecular weight is 255 g/mol. The molecule has 1 aromatic carbocycles. The smallest absolute Gasteiger partial charge is 0.299 e. The van der Waals surface area contributed by atoms with Crippen molar-refractivity contribution >= 4 is 21.6 Å². The van der Waals surface area contributed by atoms with Crippen molar-refractivity contribution < 1.29 is 8.42 Å². The van der Waals surface area contributed by atoms with Crippen molar-refractivity contribution in [1.29, 1.82) is 0 Å². The Kier molecular flexibility index (Phi) is 3.01. The molecule has 0 atom stereocenters. The lowest BCUT2D eigenvalue weighted by atomic mass is 10.1. The highest BCUT2D eigenvalue weighted by Gasteiger charge is 2.27. The molecule has 0 amide bonds. The lowest BCUT2D eigenvalue weighted by Crippen LogP contribution is -2.32. The van der Waals surface area contributed by atoms with Gasteiger partial charge in [0.2, 0.25) is 0 Å². The number of benzene rings is 1. The summed E-state index contributed by atoms with van der Waals surface area (Å²) in [4.78, 5) is 0. The van der Waals surface area contributed by atoms with Crippen LogP contribution in [0.4, 0.5) is 11.4 Å². The Hall–Kier alpha value is -1.27. The monoisotopic (exact) mass is 255 g/mol. The zero-order chi connectivity index (χ0) is 12.6. The molecule has 1 aliphatic rings. The van der Waals surface area contributed by atoms with E-state index >= 15 is 0 Å². The average Bonchev–Trinajstić information content (AvgIpc) is 3.02. The minimum absolute atomic E-state index is 0.0823. The van der Waals surface area contributed by atoms with Crippen LogP contribution in [0.15, 0.2) is 12.1 Å². The zero-order valence-corrected chi connectivity index (χ0v) is 10.8. The minimum atomic E-state index is -3.51. The van der Waals surface area contributed by atoms with Gasteiger partial charge in [-0.2, -0.15) is 13.1 Å². The molecular weight excluding hydrogens is 238 g/mol. The third kappa shape index (κ3) is 2.89. The summed E-state index contributed by atoms with van der Waals surface area (Å²) in [6.07, 6.45) is 1.81. The van der Waals surface area contributed by atoms with Crippen molar-refractivity contribution in [2.45, 2.75) is 32.7 Å². The molecule has 0 radical (unpaired) electrons. The molecule has 0 unspecified atom stereocenters. The highest BCUT2D eigenvalue weighted by Crippen LogP contribution is 2.27. The van der Waals surface area contributed by atoms with E-state index in [2.05, 4.69) is 9.44 Å². The molecule has 94 valence electrons. The van der Waals surface area contributed by atoms with Gasteiger partial charge in [-0.05, 0) is 43.9 Å². The topological polar surface area (TPSA) is 84.2 Å². The van der Waals surface area contributed by atoms with Crippen LogP contribution in [0.3, 0.4) is 0 Å². The molecule has 6 heteroatoms. The van der Waals surface area contributed by atoms with E-state index in [0.29, 0.717) is 11.4 Å². The van der Waals surface area contributed by atoms with Crippen LogP contribution in [0.1, 0.15) is 24.0 Å². The maximum atomic E-state index is 11.8. The lowest BCUT2D eigenvalue weighted by molar-refractivity contribution is 0.586. The van der Waals surface area contributed by atoms with Gasteiger partial charge in [-0.3, -0.25) is 4.72 Å². The molecule has 1 fully saturated rings. The second kappa shape index (κ2) is 4.19. The van der Waals surface area contributed by atoms with Crippen LogP contribution in [-0.2, 0) is 10.2 Å². The third-order valence-electron chi connectivity index (χ3n) is 2.90. The van der Waals surface area contributed by atoms with Crippen LogP contribution in [0.25, 0.3) is 0 Å². The summed E-state index contributed by atoms with van der Waals surface area (Å²) in [6.45, 7) is 3.77. The molecular formula is C11H17N3O2S. The van der Waals surface area contributed by atoms with Crippen molar-refractivity contribution in [2.75, 3.05) is 10.5 Å². The van der Waals surface area contributed by atoms with Crippen LogP contribution in [0.5, 0.6) is 0 Å². The quantitative estimate of drug-likeness (QED) is 0.709. The molecule has 0 aliphatic heterocycles. The Morgan fingerprint density at radius 2 is 1.94 bits per heavy atom. The van der Waals surface area contributed by atoms with Gasteiger partial charge < -0.3 is 5.73 Å². The van der Waals surface area contributed by atoms with E-state index in [9.17, 15) is 8.42 Å². The summed E-state index contributed by atoms with van der Waals surface area (Å²) in [5.41, 5.74) is 8.55. The standard InChI is InChI=1S/C11H17N3O2S/c1-7-3-6-10(12)11(8(7)2)14-17(15,16)13-9-4-5-9/h3,6,9,13-14H,4-5,12H2,1-2H3. The van der Waals surface area contributed by atoms with Crippen molar-refractivity contribution in [3.8, 4) is 0 Å². The Morgan fingerprint density at radius 3 is 2.53 bits per heavy atom. The highest BCUT2D eigenvalue weighted by atomic mass is 32.2. The highest BCUT2D eigenvalue weighted by molar-refractivity contribution is 7.90. The number of nitrogens with two attached hydrogens (primary N) is 1. The second-order valence-corrected chi connectivity index (χ2v) is 5.92. The van der Waals surface area contributed by atoms with Crippen molar-refractivity contribution in [3.63, 3.8) is 0 Å². The van der Waals surface area contributed by atoms with Gasteiger partial charge in [-0.15, -0.1) is 0 Å². The van der Waals surface area contributed by atoms with E-state index in [1.165, 1.54) is 0 Å². The zero-order valence-electron chi connectivity index (χ0n) is 9.95. The molecule has 1 saturated carbocycles. The summed E-state index contributed by atoms with van der Waals surface area (Å²) in [6, 6.07) is 3.66. The van der Waals surface area contributed by atoms with Crippen molar-refractivity contribution in [2.24, 2.45) is 0 Å². The van der Waals surface area contributed by atoms with Gasteiger partial charge in [-0.1, -0.05) is 6.07 Å². The molecule has 4 N–H and O–H groups in total. The number of anilines is 2. The van der Waals surface area contributed by atoms with E-state index in [-0.39, 0.29) is 6.04 Å². The predicted molar refractivity (Wildman–Crippen MR) is 69.0 cm³/mol. The number of hydrogen-bond acceptors (Lipinski definition) is 3. The van der Waals surface area contributed by atoms with Gasteiger partial charge in [0.25, 0.3) is 10.2 Å². The molecule has 0 spiro atoms. The fourth-order valence-corrected chi connectivity index (χ4v) is 2.83. The van der Waals surface area contributed by atoms with Gasteiger partial charge in [0.05, 0.1) is 11.4 Å². The normalized spacial score (nSPS) is 15.9. The fourth-order valence-electron chi connectivity index (χ4n) is 1.56. The molecule has 5 nitrogen and oxygen atoms in total. The van der Waals surface area contributed by atoms with Crippen LogP contribution >= 0.6 is 0 Å². The van der Waals surface area contributed by atoms with Crippen LogP contribution in [0.2, 0.25) is 0 Å². The minimum Gasteiger partial charge on any atom is -0.397 e. The summed E-state index contributed by atoms with van der Waals surface area (Å²) in [5.74, 6) is 0. The summed E-state index contributed by atoms with van der Waals surface area (Å²) in [7, 11) is -3.51. The Labute approximate surface area is 102 Å². The maximum absolute atomic E-state index is 11.8. The van der Waals surface area contributed by atoms with E-state index in [1.54, 1.807) is 6.07 Å². The molecule has 0 saturated heterocycles. The number of rotatable bonds is 4. The molecule has 2 rings (SSSR count). The third-order valence-corrected chi connectivity index (χ3v) is 4.02. The molecule has 0 heterocycles. The molecule has 0 bridgehead atoms. The SMILES string of the molecule is Cc1ccc(N)c(NS(=O)(=O)NC2CC2)c1C. The van der Waals surface area contributed by atoms with E-state index in [4.69, 9.17) is 5.73 Å². The maximum Gasteiger partial charge on any atom is 0.299 e. The summed E-state index contributed by atoms with van der Waals surface area (Å²) < 4.78 is 28.6. The number of nitrogen functional groups attached to an aromatic ring is 1. The van der Waals surface area contributed by atoms with E-state index in [1.807, 2.05) is 19.9 Å². The van der Waals surface area contributed by atoms with Gasteiger partial charge in [0.15, 0.2) is 0 Å². The summed E-state index contributed by atoms with van der Waals surface area (Å²) in [5, 5.41) is 0. The molecule has 17 heavy (non-hydrogen) atoms. The Morgan fingerprint density at radius 1 is 1.29 bits per heavy atom. The number of aryl methyl sites for hydroxylation is 1. The van der Waals surface area contributed by atoms with Crippen LogP contribution < -0.4 is 15.2 Å². The van der Waals surface area contributed by atoms with E-state index < -0.39 is 10.2 Å². The first-order chi connectivity index (χ1) is 7.89. The Bertz CT molecular complexity index is 536. The molecule has 1 aliphatic carbocycles. The van der Waals surface area contributed by atoms with Crippen molar-refractivity contribution in [3.05, 3.63) is 23.3 Å². The number of nitrogens with one attached hydrogen (secondary N) is 2. The van der Waals surface area contributed by atoms with E-state index in [0.717, 1.165) is 24.0 Å². The molecule has 0 aromatic heterocycles. The second-order valence-electron chi connectivity index (χ2n) is 4.47. The van der Waals surface area contributed by atoms with Crippen LogP contribution in [0, 0.1) is 13.8 Å². The first-order valence-corrected chi connectivity index (χ1v) is 7.03. The van der Waals surface area contributed by atoms with Crippen molar-refractivity contribution in [1.82, 2.24) is 4.72 Å². The van der Waals surface area contributed by atoms with Gasteiger partial charge >= 0.3 is 0 Å². The van der Waals surface area contributed by atoms with Gasteiger partial charge in [0, 0.05) is 6.04 Å². The first kappa shape index (κ1) is 12.2. The summed E-state index contributed by atoms with van der Waals surface area (Å²) >= 11 is 0. The van der Waals surface area contributed by atoms with Gasteiger partial charge in [-0.25, -0.2) is 0 Å². The largest absolute Gasteiger partial charge is 0.397 e.